The van der Waals surface area contributed by atoms with Gasteiger partial charge in [-0.15, -0.1) is 0 Å². The van der Waals surface area contributed by atoms with Gasteiger partial charge in [-0.25, -0.2) is 0 Å². The van der Waals surface area contributed by atoms with Gasteiger partial charge < -0.3 is 4.74 Å². The molecule has 1 aromatic carbocycles. The first-order valence-corrected chi connectivity index (χ1v) is 3.36. The Morgan fingerprint density at radius 3 is 2.67 bits per heavy atom. The van der Waals surface area contributed by atoms with Crippen LogP contribution in [-0.2, 0) is 45.3 Å². The number of fused-ring (bicyclic) bond motifs is 1. The number of para-hydroxylation sites is 1. The molecule has 2 rings (SSSR count). The third-order valence-corrected chi connectivity index (χ3v) is 1.60. The summed E-state index contributed by atoms with van der Waals surface area (Å²) < 4.78 is 5.24. The largest absolute Gasteiger partial charge is 0.465 e. The molecule has 1 radical (unpaired) electrons. The molecule has 1 aliphatic heterocycles. The molecule has 1 heterocycles. The van der Waals surface area contributed by atoms with Gasteiger partial charge in [-0.1, -0.05) is 18.2 Å². The predicted molar refractivity (Wildman–Crippen MR) is 39.9 cm³/mol. The number of ether oxygens (including phenoxy) is 1. The summed E-state index contributed by atoms with van der Waals surface area (Å²) in [6.45, 7) is 0. The summed E-state index contributed by atoms with van der Waals surface area (Å²) in [6.07, 6.45) is 4.75. The van der Waals surface area contributed by atoms with E-state index in [0.29, 0.717) is 0 Å². The molecule has 65 valence electrons. The Morgan fingerprint density at radius 1 is 1.17 bits per heavy atom. The molecule has 1 aromatic rings. The summed E-state index contributed by atoms with van der Waals surface area (Å²) >= 11 is 0. The summed E-state index contributed by atoms with van der Waals surface area (Å²) in [5.41, 5.74) is 1.27. The van der Waals surface area contributed by atoms with Crippen LogP contribution < -0.4 is 4.74 Å². The summed E-state index contributed by atoms with van der Waals surface area (Å²) in [6, 6.07) is 8.08. The molecule has 0 fully saturated rings. The molecule has 1 aliphatic rings. The zero-order chi connectivity index (χ0) is 6.81. The fourth-order valence-corrected chi connectivity index (χ4v) is 1.08. The van der Waals surface area contributed by atoms with E-state index in [4.69, 9.17) is 4.74 Å². The zero-order valence-corrected chi connectivity index (χ0v) is 9.53. The molecule has 12 heavy (non-hydrogen) atoms. The van der Waals surface area contributed by atoms with E-state index in [1.165, 1.54) is 5.56 Å². The van der Waals surface area contributed by atoms with Crippen LogP contribution in [-0.4, -0.2) is 0 Å². The normalized spacial score (nSPS) is 11.7. The minimum Gasteiger partial charge on any atom is -0.465 e. The van der Waals surface area contributed by atoms with Crippen molar-refractivity contribution < 1.29 is 43.6 Å². The quantitative estimate of drug-likeness (QED) is 0.663. The van der Waals surface area contributed by atoms with Crippen LogP contribution >= 0.6 is 0 Å². The monoisotopic (exact) mass is 283 g/mol. The Bertz CT molecular complexity index is 246. The maximum absolute atomic E-state index is 5.24. The number of rotatable bonds is 0. The second-order valence-corrected chi connectivity index (χ2v) is 2.30. The average molecular weight is 284 g/mol. The second kappa shape index (κ2) is 5.61. The molecule has 1 nitrogen and oxygen atoms in total. The first-order chi connectivity index (χ1) is 4.97. The fourth-order valence-electron chi connectivity index (χ4n) is 1.08. The van der Waals surface area contributed by atoms with Gasteiger partial charge in [-0.05, 0) is 24.1 Å². The smallest absolute Gasteiger partial charge is 0.130 e. The molecule has 3 heteroatoms. The SMILES string of the molecule is C1=COc2ccccc2C1.[Nb].[Ni]. The molecule has 0 saturated carbocycles. The molecule has 0 spiro atoms. The topological polar surface area (TPSA) is 9.23 Å². The third-order valence-electron chi connectivity index (χ3n) is 1.60. The van der Waals surface area contributed by atoms with E-state index in [2.05, 4.69) is 6.07 Å². The van der Waals surface area contributed by atoms with Gasteiger partial charge in [0.1, 0.15) is 5.75 Å². The van der Waals surface area contributed by atoms with Gasteiger partial charge in [0, 0.05) is 38.9 Å². The maximum Gasteiger partial charge on any atom is 0.130 e. The Balaban J connectivity index is 0.000000605. The summed E-state index contributed by atoms with van der Waals surface area (Å²) in [4.78, 5) is 0. The summed E-state index contributed by atoms with van der Waals surface area (Å²) in [5, 5.41) is 0. The molecule has 0 amide bonds. The maximum atomic E-state index is 5.24. The van der Waals surface area contributed by atoms with Crippen LogP contribution in [0.4, 0.5) is 0 Å². The summed E-state index contributed by atoms with van der Waals surface area (Å²) in [7, 11) is 0. The van der Waals surface area contributed by atoms with Crippen LogP contribution in [0.3, 0.4) is 0 Å². The van der Waals surface area contributed by atoms with Crippen molar-refractivity contribution >= 4 is 0 Å². The van der Waals surface area contributed by atoms with E-state index in [-0.39, 0.29) is 38.9 Å². The van der Waals surface area contributed by atoms with Crippen molar-refractivity contribution in [2.24, 2.45) is 0 Å². The van der Waals surface area contributed by atoms with Gasteiger partial charge >= 0.3 is 0 Å². The van der Waals surface area contributed by atoms with Crippen molar-refractivity contribution in [1.82, 2.24) is 0 Å². The number of benzene rings is 1. The first kappa shape index (κ1) is 12.0. The fraction of sp³-hybridized carbons (Fsp3) is 0.111. The van der Waals surface area contributed by atoms with E-state index in [0.717, 1.165) is 12.2 Å². The Morgan fingerprint density at radius 2 is 1.92 bits per heavy atom. The van der Waals surface area contributed by atoms with E-state index in [1.807, 2.05) is 24.3 Å². The Kier molecular flexibility index (Phi) is 5.60. The van der Waals surface area contributed by atoms with Gasteiger partial charge in [0.05, 0.1) is 6.26 Å². The van der Waals surface area contributed by atoms with Gasteiger partial charge in [-0.2, -0.15) is 0 Å². The standard InChI is InChI=1S/C9H8O.Nb.Ni/c1-2-6-9-8(4-1)5-3-7-10-9;;/h1-4,6-7H,5H2;;. The third kappa shape index (κ3) is 2.50. The van der Waals surface area contributed by atoms with E-state index in [9.17, 15) is 0 Å². The van der Waals surface area contributed by atoms with Crippen LogP contribution in [0, 0.1) is 0 Å². The van der Waals surface area contributed by atoms with E-state index < -0.39 is 0 Å². The zero-order valence-electron chi connectivity index (χ0n) is 6.34. The number of hydrogen-bond acceptors (Lipinski definition) is 1. The second-order valence-electron chi connectivity index (χ2n) is 2.30. The van der Waals surface area contributed by atoms with Crippen molar-refractivity contribution in [3.8, 4) is 5.75 Å². The molecule has 0 bridgehead atoms. The average Bonchev–Trinajstić information content (AvgIpc) is 2.05. The number of hydrogen-bond donors (Lipinski definition) is 0. The van der Waals surface area contributed by atoms with Gasteiger partial charge in [0.2, 0.25) is 0 Å². The van der Waals surface area contributed by atoms with Crippen LogP contribution in [0.1, 0.15) is 5.56 Å². The van der Waals surface area contributed by atoms with Crippen molar-refractivity contribution in [2.45, 2.75) is 6.42 Å². The molecule has 0 saturated heterocycles. The van der Waals surface area contributed by atoms with Crippen molar-refractivity contribution in [3.05, 3.63) is 42.2 Å². The van der Waals surface area contributed by atoms with Crippen molar-refractivity contribution in [1.29, 1.82) is 0 Å². The van der Waals surface area contributed by atoms with E-state index in [1.54, 1.807) is 6.26 Å². The molecule has 0 unspecified atom stereocenters. The Hall–Kier alpha value is -0.00623. The molecule has 0 aromatic heterocycles. The van der Waals surface area contributed by atoms with Gasteiger partial charge in [-0.3, -0.25) is 0 Å². The van der Waals surface area contributed by atoms with Gasteiger partial charge in [0.15, 0.2) is 0 Å². The molecule has 0 atom stereocenters. The summed E-state index contributed by atoms with van der Waals surface area (Å²) in [5.74, 6) is 0.991. The minimum absolute atomic E-state index is 0. The van der Waals surface area contributed by atoms with Crippen LogP contribution in [0.2, 0.25) is 0 Å². The number of allylic oxidation sites excluding steroid dienone is 1. The van der Waals surface area contributed by atoms with Gasteiger partial charge in [0.25, 0.3) is 0 Å². The predicted octanol–water partition coefficient (Wildman–Crippen LogP) is 2.13. The van der Waals surface area contributed by atoms with Crippen LogP contribution in [0.5, 0.6) is 5.75 Å². The molecule has 0 N–H and O–H groups in total. The molecular formula is C9H8NbNiO. The first-order valence-electron chi connectivity index (χ1n) is 3.36. The van der Waals surface area contributed by atoms with Crippen molar-refractivity contribution in [3.63, 3.8) is 0 Å². The molecule has 0 aliphatic carbocycles. The minimum atomic E-state index is 0. The van der Waals surface area contributed by atoms with Crippen LogP contribution in [0.15, 0.2) is 36.6 Å². The van der Waals surface area contributed by atoms with Crippen LogP contribution in [0.25, 0.3) is 0 Å². The van der Waals surface area contributed by atoms with Crippen molar-refractivity contribution in [2.75, 3.05) is 0 Å². The molecular weight excluding hydrogens is 276 g/mol. The Labute approximate surface area is 97.6 Å². The van der Waals surface area contributed by atoms with E-state index >= 15 is 0 Å².